The summed E-state index contributed by atoms with van der Waals surface area (Å²) in [4.78, 5) is 1.21. The van der Waals surface area contributed by atoms with Gasteiger partial charge in [0.05, 0.1) is 12.7 Å². The normalized spacial score (nSPS) is 13.1. The van der Waals surface area contributed by atoms with Crippen LogP contribution >= 0.6 is 0 Å². The molecule has 4 nitrogen and oxygen atoms in total. The van der Waals surface area contributed by atoms with E-state index in [-0.39, 0.29) is 18.8 Å². The van der Waals surface area contributed by atoms with E-state index in [1.54, 1.807) is 0 Å². The van der Waals surface area contributed by atoms with Crippen molar-refractivity contribution < 1.29 is 8.78 Å². The van der Waals surface area contributed by atoms with Crippen LogP contribution < -0.4 is 5.73 Å². The van der Waals surface area contributed by atoms with E-state index in [1.807, 2.05) is 0 Å². The Bertz CT molecular complexity index is 333. The van der Waals surface area contributed by atoms with Crippen LogP contribution in [-0.4, -0.2) is 20.9 Å². The molecule has 0 aliphatic carbocycles. The van der Waals surface area contributed by atoms with E-state index in [0.717, 1.165) is 0 Å². The van der Waals surface area contributed by atoms with Crippen LogP contribution in [0.15, 0.2) is 6.20 Å². The van der Waals surface area contributed by atoms with Gasteiger partial charge in [-0.05, 0) is 0 Å². The van der Waals surface area contributed by atoms with Gasteiger partial charge in [0.1, 0.15) is 0 Å². The minimum absolute atomic E-state index is 0.0467. The minimum atomic E-state index is -2.74. The number of rotatable bonds is 4. The van der Waals surface area contributed by atoms with Gasteiger partial charge in [-0.2, -0.15) is 9.90 Å². The number of hydrogen-bond donors (Lipinski definition) is 1. The number of nitrogens with zero attached hydrogens (tertiary/aromatic N) is 3. The molecule has 1 heterocycles. The molecule has 0 amide bonds. The fourth-order valence-corrected chi connectivity index (χ4v) is 1.33. The van der Waals surface area contributed by atoms with Crippen molar-refractivity contribution in [2.45, 2.75) is 39.7 Å². The average molecular weight is 218 g/mol. The van der Waals surface area contributed by atoms with Crippen molar-refractivity contribution in [1.82, 2.24) is 15.0 Å². The van der Waals surface area contributed by atoms with E-state index < -0.39 is 11.3 Å². The first-order valence-electron chi connectivity index (χ1n) is 4.82. The van der Waals surface area contributed by atoms with Gasteiger partial charge in [0.25, 0.3) is 5.92 Å². The van der Waals surface area contributed by atoms with Crippen molar-refractivity contribution >= 4 is 5.82 Å². The number of hydrogen-bond acceptors (Lipinski definition) is 3. The molecule has 1 rings (SSSR count). The second-order valence-electron chi connectivity index (χ2n) is 4.24. The Morgan fingerprint density at radius 1 is 1.47 bits per heavy atom. The van der Waals surface area contributed by atoms with Gasteiger partial charge >= 0.3 is 0 Å². The minimum Gasteiger partial charge on any atom is -0.381 e. The summed E-state index contributed by atoms with van der Waals surface area (Å²) < 4.78 is 27.0. The van der Waals surface area contributed by atoms with E-state index in [2.05, 4.69) is 10.2 Å². The molecule has 1 aromatic rings. The van der Waals surface area contributed by atoms with Crippen LogP contribution in [-0.2, 0) is 6.54 Å². The Kier molecular flexibility index (Phi) is 2.97. The van der Waals surface area contributed by atoms with Gasteiger partial charge < -0.3 is 5.73 Å². The molecule has 0 aromatic carbocycles. The van der Waals surface area contributed by atoms with Crippen molar-refractivity contribution in [3.63, 3.8) is 0 Å². The molecule has 0 aliphatic heterocycles. The summed E-state index contributed by atoms with van der Waals surface area (Å²) in [7, 11) is 0. The van der Waals surface area contributed by atoms with Crippen molar-refractivity contribution in [3.05, 3.63) is 6.20 Å². The molecule has 0 saturated carbocycles. The Balaban J connectivity index is 2.80. The Hall–Kier alpha value is -1.20. The van der Waals surface area contributed by atoms with Gasteiger partial charge in [-0.1, -0.05) is 20.8 Å². The molecule has 0 spiro atoms. The van der Waals surface area contributed by atoms with Crippen molar-refractivity contribution in [2.75, 3.05) is 5.73 Å². The topological polar surface area (TPSA) is 56.7 Å². The van der Waals surface area contributed by atoms with Crippen molar-refractivity contribution in [1.29, 1.82) is 0 Å². The summed E-state index contributed by atoms with van der Waals surface area (Å²) >= 11 is 0. The highest BCUT2D eigenvalue weighted by molar-refractivity contribution is 5.19. The molecule has 0 atom stereocenters. The number of nitrogens with two attached hydrogens (primary N) is 1. The maximum atomic E-state index is 13.5. The van der Waals surface area contributed by atoms with Gasteiger partial charge in [0, 0.05) is 11.8 Å². The molecular formula is C9H16F2N4. The molecule has 6 heteroatoms. The van der Waals surface area contributed by atoms with Gasteiger partial charge in [-0.3, -0.25) is 0 Å². The highest BCUT2D eigenvalue weighted by Gasteiger charge is 2.45. The van der Waals surface area contributed by atoms with E-state index in [4.69, 9.17) is 5.73 Å². The summed E-state index contributed by atoms with van der Waals surface area (Å²) in [6.07, 6.45) is 1.15. The molecule has 15 heavy (non-hydrogen) atoms. The fraction of sp³-hybridized carbons (Fsp3) is 0.778. The number of halogens is 2. The first-order chi connectivity index (χ1) is 6.78. The predicted octanol–water partition coefficient (Wildman–Crippen LogP) is 1.93. The monoisotopic (exact) mass is 218 g/mol. The average Bonchev–Trinajstić information content (AvgIpc) is 2.50. The molecule has 86 valence electrons. The molecule has 0 saturated heterocycles. The lowest BCUT2D eigenvalue weighted by Gasteiger charge is -2.32. The zero-order valence-electron chi connectivity index (χ0n) is 9.17. The van der Waals surface area contributed by atoms with Crippen LogP contribution in [0.25, 0.3) is 0 Å². The van der Waals surface area contributed by atoms with Crippen LogP contribution in [0.5, 0.6) is 0 Å². The highest BCUT2D eigenvalue weighted by atomic mass is 19.3. The lowest BCUT2D eigenvalue weighted by molar-refractivity contribution is -0.117. The molecule has 0 aliphatic rings. The third-order valence-corrected chi connectivity index (χ3v) is 2.53. The van der Waals surface area contributed by atoms with Gasteiger partial charge in [0.15, 0.2) is 5.82 Å². The van der Waals surface area contributed by atoms with Gasteiger partial charge in [0.2, 0.25) is 0 Å². The molecule has 0 bridgehead atoms. The highest BCUT2D eigenvalue weighted by Crippen LogP contribution is 2.39. The second-order valence-corrected chi connectivity index (χ2v) is 4.24. The molecule has 1 aromatic heterocycles. The quantitative estimate of drug-likeness (QED) is 0.840. The maximum Gasteiger partial charge on any atom is 0.254 e. The second kappa shape index (κ2) is 3.75. The third-order valence-electron chi connectivity index (χ3n) is 2.53. The molecule has 0 fully saturated rings. The Morgan fingerprint density at radius 3 is 2.47 bits per heavy atom. The van der Waals surface area contributed by atoms with E-state index in [0.29, 0.717) is 0 Å². The van der Waals surface area contributed by atoms with Crippen molar-refractivity contribution in [3.8, 4) is 0 Å². The zero-order valence-corrected chi connectivity index (χ0v) is 9.17. The van der Waals surface area contributed by atoms with E-state index in [9.17, 15) is 8.78 Å². The molecular weight excluding hydrogens is 202 g/mol. The number of alkyl halides is 2. The standard InChI is InChI=1S/C9H16F2N4/c1-4-9(10,11)8(2,3)6-15-13-5-7(12)14-15/h5H,4,6H2,1-3H3,(H2,12,14). The molecule has 0 unspecified atom stereocenters. The van der Waals surface area contributed by atoms with Crippen LogP contribution in [0.4, 0.5) is 14.6 Å². The number of aromatic nitrogens is 3. The van der Waals surface area contributed by atoms with E-state index >= 15 is 0 Å². The van der Waals surface area contributed by atoms with Crippen molar-refractivity contribution in [2.24, 2.45) is 5.41 Å². The number of nitrogen functional groups attached to an aromatic ring is 1. The first kappa shape index (κ1) is 11.9. The number of anilines is 1. The predicted molar refractivity (Wildman–Crippen MR) is 53.5 cm³/mol. The van der Waals surface area contributed by atoms with Crippen LogP contribution in [0, 0.1) is 5.41 Å². The SMILES string of the molecule is CCC(F)(F)C(C)(C)Cn1ncc(N)n1. The smallest absolute Gasteiger partial charge is 0.254 e. The summed E-state index contributed by atoms with van der Waals surface area (Å²) in [5, 5.41) is 7.59. The third kappa shape index (κ3) is 2.43. The van der Waals surface area contributed by atoms with Crippen LogP contribution in [0.2, 0.25) is 0 Å². The molecule has 2 N–H and O–H groups in total. The fourth-order valence-electron chi connectivity index (χ4n) is 1.33. The van der Waals surface area contributed by atoms with Gasteiger partial charge in [-0.15, -0.1) is 5.10 Å². The molecule has 0 radical (unpaired) electrons. The van der Waals surface area contributed by atoms with E-state index in [1.165, 1.54) is 31.8 Å². The summed E-state index contributed by atoms with van der Waals surface area (Å²) in [5.74, 6) is -2.50. The first-order valence-corrected chi connectivity index (χ1v) is 4.82. The van der Waals surface area contributed by atoms with Crippen LogP contribution in [0.3, 0.4) is 0 Å². The van der Waals surface area contributed by atoms with Crippen LogP contribution in [0.1, 0.15) is 27.2 Å². The Labute approximate surface area is 87.5 Å². The maximum absolute atomic E-state index is 13.5. The summed E-state index contributed by atoms with van der Waals surface area (Å²) in [6.45, 7) is 4.50. The largest absolute Gasteiger partial charge is 0.381 e. The zero-order chi connectivity index (χ0) is 11.7. The lowest BCUT2D eigenvalue weighted by atomic mass is 9.84. The van der Waals surface area contributed by atoms with Gasteiger partial charge in [-0.25, -0.2) is 8.78 Å². The summed E-state index contributed by atoms with van der Waals surface area (Å²) in [5.41, 5.74) is 4.17. The lowest BCUT2D eigenvalue weighted by Crippen LogP contribution is -2.39. The Morgan fingerprint density at radius 2 is 2.07 bits per heavy atom. The summed E-state index contributed by atoms with van der Waals surface area (Å²) in [6, 6.07) is 0.